The second kappa shape index (κ2) is 8.70. The normalized spacial score (nSPS) is 15.1. The molecule has 33 heavy (non-hydrogen) atoms. The molecular weight excluding hydrogens is 454 g/mol. The van der Waals surface area contributed by atoms with Crippen LogP contribution in [0.15, 0.2) is 77.7 Å². The van der Waals surface area contributed by atoms with Gasteiger partial charge in [0.1, 0.15) is 5.01 Å². The summed E-state index contributed by atoms with van der Waals surface area (Å²) in [6.07, 6.45) is 0. The van der Waals surface area contributed by atoms with Crippen LogP contribution in [0, 0.1) is 6.92 Å². The molecule has 0 N–H and O–H groups in total. The third-order valence-corrected chi connectivity index (χ3v) is 8.85. The van der Waals surface area contributed by atoms with E-state index in [1.165, 1.54) is 4.31 Å². The van der Waals surface area contributed by atoms with E-state index in [4.69, 9.17) is 4.98 Å². The van der Waals surface area contributed by atoms with E-state index >= 15 is 0 Å². The van der Waals surface area contributed by atoms with Crippen LogP contribution >= 0.6 is 11.3 Å². The van der Waals surface area contributed by atoms with E-state index in [1.54, 1.807) is 40.5 Å². The molecule has 0 aliphatic carbocycles. The summed E-state index contributed by atoms with van der Waals surface area (Å²) in [5.74, 6) is -0.0998. The Kier molecular flexibility index (Phi) is 5.74. The molecule has 0 unspecified atom stereocenters. The van der Waals surface area contributed by atoms with E-state index in [9.17, 15) is 13.2 Å². The van der Waals surface area contributed by atoms with Crippen molar-refractivity contribution in [3.8, 4) is 10.6 Å². The molecule has 0 radical (unpaired) electrons. The molecule has 1 aromatic heterocycles. The Hall–Kier alpha value is -3.07. The summed E-state index contributed by atoms with van der Waals surface area (Å²) < 4.78 is 28.5. The van der Waals surface area contributed by atoms with Gasteiger partial charge in [0.15, 0.2) is 0 Å². The van der Waals surface area contributed by atoms with Gasteiger partial charge in [0.05, 0.1) is 15.1 Å². The average Bonchev–Trinajstić information content (AvgIpc) is 3.28. The molecule has 3 aromatic carbocycles. The lowest BCUT2D eigenvalue weighted by atomic mass is 10.1. The molecule has 4 aromatic rings. The molecule has 1 saturated heterocycles. The smallest absolute Gasteiger partial charge is 0.254 e. The maximum atomic E-state index is 13.4. The Bertz CT molecular complexity index is 1390. The van der Waals surface area contributed by atoms with Gasteiger partial charge in [-0.15, -0.1) is 11.3 Å². The third kappa shape index (κ3) is 4.17. The number of para-hydroxylation sites is 1. The first-order valence-corrected chi connectivity index (χ1v) is 13.0. The van der Waals surface area contributed by atoms with E-state index in [2.05, 4.69) is 0 Å². The monoisotopic (exact) mass is 477 g/mol. The van der Waals surface area contributed by atoms with Gasteiger partial charge in [-0.25, -0.2) is 13.4 Å². The molecule has 168 valence electrons. The molecule has 1 fully saturated rings. The van der Waals surface area contributed by atoms with E-state index in [1.807, 2.05) is 55.5 Å². The highest BCUT2D eigenvalue weighted by molar-refractivity contribution is 7.89. The van der Waals surface area contributed by atoms with Crippen LogP contribution in [0.3, 0.4) is 0 Å². The van der Waals surface area contributed by atoms with Gasteiger partial charge in [0.25, 0.3) is 5.91 Å². The van der Waals surface area contributed by atoms with Gasteiger partial charge >= 0.3 is 0 Å². The highest BCUT2D eigenvalue weighted by Crippen LogP contribution is 2.32. The molecule has 2 heterocycles. The summed E-state index contributed by atoms with van der Waals surface area (Å²) in [6, 6.07) is 22.3. The second-order valence-electron chi connectivity index (χ2n) is 8.04. The number of benzene rings is 3. The SMILES string of the molecule is Cc1ccc(S(=O)(=O)N2CCN(C(=O)c3ccccc3-c3nc4ccccc4s3)CC2)cc1. The van der Waals surface area contributed by atoms with Crippen molar-refractivity contribution in [3.63, 3.8) is 0 Å². The lowest BCUT2D eigenvalue weighted by Crippen LogP contribution is -2.50. The summed E-state index contributed by atoms with van der Waals surface area (Å²) in [5.41, 5.74) is 3.32. The van der Waals surface area contributed by atoms with Gasteiger partial charge in [0, 0.05) is 37.3 Å². The van der Waals surface area contributed by atoms with Crippen LogP contribution in [0.5, 0.6) is 0 Å². The van der Waals surface area contributed by atoms with Crippen molar-refractivity contribution in [1.82, 2.24) is 14.2 Å². The summed E-state index contributed by atoms with van der Waals surface area (Å²) in [5, 5.41) is 0.806. The van der Waals surface area contributed by atoms with Gasteiger partial charge in [-0.3, -0.25) is 4.79 Å². The van der Waals surface area contributed by atoms with Crippen molar-refractivity contribution in [3.05, 3.63) is 83.9 Å². The number of sulfonamides is 1. The van der Waals surface area contributed by atoms with Gasteiger partial charge in [-0.2, -0.15) is 4.31 Å². The number of thiazole rings is 1. The Morgan fingerprint density at radius 3 is 2.27 bits per heavy atom. The summed E-state index contributed by atoms with van der Waals surface area (Å²) in [7, 11) is -3.57. The van der Waals surface area contributed by atoms with Crippen LogP contribution in [0.1, 0.15) is 15.9 Å². The number of rotatable bonds is 4. The third-order valence-electron chi connectivity index (χ3n) is 5.87. The summed E-state index contributed by atoms with van der Waals surface area (Å²) in [6.45, 7) is 3.15. The van der Waals surface area contributed by atoms with Crippen LogP contribution in [-0.2, 0) is 10.0 Å². The lowest BCUT2D eigenvalue weighted by Gasteiger charge is -2.34. The predicted molar refractivity (Wildman–Crippen MR) is 131 cm³/mol. The molecule has 6 nitrogen and oxygen atoms in total. The lowest BCUT2D eigenvalue weighted by molar-refractivity contribution is 0.0698. The number of aryl methyl sites for hydroxylation is 1. The quantitative estimate of drug-likeness (QED) is 0.436. The predicted octanol–water partition coefficient (Wildman–Crippen LogP) is 4.42. The Labute approximate surface area is 197 Å². The van der Waals surface area contributed by atoms with Crippen molar-refractivity contribution < 1.29 is 13.2 Å². The minimum Gasteiger partial charge on any atom is -0.336 e. The molecule has 8 heteroatoms. The van der Waals surface area contributed by atoms with Gasteiger partial charge in [-0.05, 0) is 37.3 Å². The number of fused-ring (bicyclic) bond motifs is 1. The largest absolute Gasteiger partial charge is 0.336 e. The summed E-state index contributed by atoms with van der Waals surface area (Å²) >= 11 is 1.56. The fraction of sp³-hybridized carbons (Fsp3) is 0.200. The molecular formula is C25H23N3O3S2. The number of hydrogen-bond donors (Lipinski definition) is 0. The van der Waals surface area contributed by atoms with E-state index in [-0.39, 0.29) is 23.9 Å². The van der Waals surface area contributed by atoms with Crippen molar-refractivity contribution >= 4 is 37.5 Å². The zero-order chi connectivity index (χ0) is 23.0. The first kappa shape index (κ1) is 21.8. The molecule has 1 amide bonds. The van der Waals surface area contributed by atoms with E-state index in [0.717, 1.165) is 26.4 Å². The van der Waals surface area contributed by atoms with Gasteiger partial charge in [0.2, 0.25) is 10.0 Å². The fourth-order valence-corrected chi connectivity index (χ4v) is 6.43. The standard InChI is InChI=1S/C25H23N3O3S2/c1-18-10-12-19(13-11-18)33(30,31)28-16-14-27(15-17-28)25(29)21-7-3-2-6-20(21)24-26-22-8-4-5-9-23(22)32-24/h2-13H,14-17H2,1H3. The molecule has 1 aliphatic heterocycles. The van der Waals surface area contributed by atoms with E-state index in [0.29, 0.717) is 18.7 Å². The Balaban J connectivity index is 1.35. The van der Waals surface area contributed by atoms with Crippen molar-refractivity contribution in [2.75, 3.05) is 26.2 Å². The molecule has 5 rings (SSSR count). The van der Waals surface area contributed by atoms with Crippen molar-refractivity contribution in [2.24, 2.45) is 0 Å². The highest BCUT2D eigenvalue weighted by Gasteiger charge is 2.31. The number of amides is 1. The number of carbonyl (C=O) groups excluding carboxylic acids is 1. The topological polar surface area (TPSA) is 70.6 Å². The molecule has 1 aliphatic rings. The first-order chi connectivity index (χ1) is 15.9. The molecule has 0 atom stereocenters. The van der Waals surface area contributed by atoms with Crippen molar-refractivity contribution in [2.45, 2.75) is 11.8 Å². The second-order valence-corrected chi connectivity index (χ2v) is 11.0. The average molecular weight is 478 g/mol. The van der Waals surface area contributed by atoms with Crippen LogP contribution in [0.2, 0.25) is 0 Å². The van der Waals surface area contributed by atoms with Crippen LogP contribution in [0.25, 0.3) is 20.8 Å². The van der Waals surface area contributed by atoms with Crippen molar-refractivity contribution in [1.29, 1.82) is 0 Å². The first-order valence-electron chi connectivity index (χ1n) is 10.7. The minimum absolute atomic E-state index is 0.0998. The number of piperazine rings is 1. The van der Waals surface area contributed by atoms with Gasteiger partial charge < -0.3 is 4.90 Å². The molecule has 0 spiro atoms. The Morgan fingerprint density at radius 1 is 0.879 bits per heavy atom. The Morgan fingerprint density at radius 2 is 1.55 bits per heavy atom. The summed E-state index contributed by atoms with van der Waals surface area (Å²) in [4.78, 5) is 20.1. The number of nitrogens with zero attached hydrogens (tertiary/aromatic N) is 3. The minimum atomic E-state index is -3.57. The van der Waals surface area contributed by atoms with Crippen LogP contribution in [-0.4, -0.2) is 54.7 Å². The van der Waals surface area contributed by atoms with Gasteiger partial charge in [-0.1, -0.05) is 48.0 Å². The van der Waals surface area contributed by atoms with Crippen LogP contribution in [0.4, 0.5) is 0 Å². The zero-order valence-electron chi connectivity index (χ0n) is 18.1. The van der Waals surface area contributed by atoms with E-state index < -0.39 is 10.0 Å². The van der Waals surface area contributed by atoms with Crippen LogP contribution < -0.4 is 0 Å². The maximum absolute atomic E-state index is 13.4. The number of hydrogen-bond acceptors (Lipinski definition) is 5. The molecule has 0 bridgehead atoms. The maximum Gasteiger partial charge on any atom is 0.254 e. The zero-order valence-corrected chi connectivity index (χ0v) is 19.8. The number of carbonyl (C=O) groups is 1. The number of aromatic nitrogens is 1. The highest BCUT2D eigenvalue weighted by atomic mass is 32.2. The fourth-order valence-electron chi connectivity index (χ4n) is 4.00. The molecule has 0 saturated carbocycles.